The number of carbonyl (C=O) groups is 2. The minimum absolute atomic E-state index is 0.0415. The Bertz CT molecular complexity index is 1580. The minimum Gasteiger partial charge on any atom is -0.475 e. The van der Waals surface area contributed by atoms with Gasteiger partial charge in [-0.15, -0.1) is 13.2 Å². The summed E-state index contributed by atoms with van der Waals surface area (Å²) in [7, 11) is 0. The third-order valence-corrected chi connectivity index (χ3v) is 7.26. The highest BCUT2D eigenvalue weighted by Gasteiger charge is 2.83. The molecule has 0 spiro atoms. The molecule has 1 aliphatic carbocycles. The van der Waals surface area contributed by atoms with E-state index in [1.165, 1.54) is 34.9 Å². The van der Waals surface area contributed by atoms with E-state index >= 15 is 0 Å². The van der Waals surface area contributed by atoms with Gasteiger partial charge in [-0.3, -0.25) is 14.4 Å². The first-order chi connectivity index (χ1) is 17.4. The van der Waals surface area contributed by atoms with Crippen LogP contribution in [0.5, 0.6) is 11.5 Å². The van der Waals surface area contributed by atoms with E-state index in [4.69, 9.17) is 4.74 Å². The zero-order valence-electron chi connectivity index (χ0n) is 19.4. The van der Waals surface area contributed by atoms with Crippen molar-refractivity contribution in [2.24, 2.45) is 0 Å². The number of hydrogen-bond donors (Lipinski definition) is 0. The van der Waals surface area contributed by atoms with Gasteiger partial charge in [0.15, 0.2) is 23.0 Å². The van der Waals surface area contributed by atoms with Gasteiger partial charge < -0.3 is 23.5 Å². The Morgan fingerprint density at radius 1 is 1.16 bits per heavy atom. The molecule has 1 saturated carbocycles. The molecule has 0 saturated heterocycles. The standard InChI is InChI=1S/C24H18F4N4O5/c1-12-9-31(11-29-12)16-3-4-17-19(33)30(5-6-32(17)20(16)34)10-23-14-7-13(36-24(26,27)28)8-15(25)18(14)37-22(23,2)21(23)35/h3-4,7-9,11H,5-6,10H2,1-2H3. The van der Waals surface area contributed by atoms with E-state index in [9.17, 15) is 31.9 Å². The van der Waals surface area contributed by atoms with Crippen LogP contribution in [0.3, 0.4) is 0 Å². The molecule has 1 amide bonds. The number of rotatable bonds is 4. The molecule has 13 heteroatoms. The van der Waals surface area contributed by atoms with E-state index in [1.54, 1.807) is 17.7 Å². The zero-order valence-corrected chi connectivity index (χ0v) is 19.4. The number of alkyl halides is 3. The number of carbonyl (C=O) groups excluding carboxylic acids is 2. The van der Waals surface area contributed by atoms with Gasteiger partial charge in [-0.1, -0.05) is 0 Å². The second kappa shape index (κ2) is 7.20. The van der Waals surface area contributed by atoms with Crippen LogP contribution in [0.4, 0.5) is 17.6 Å². The molecular formula is C24H18F4N4O5. The lowest BCUT2D eigenvalue weighted by atomic mass is 9.91. The molecule has 0 bridgehead atoms. The second-order valence-electron chi connectivity index (χ2n) is 9.41. The number of halogens is 4. The van der Waals surface area contributed by atoms with E-state index < -0.39 is 46.2 Å². The van der Waals surface area contributed by atoms with Gasteiger partial charge in [-0.2, -0.15) is 0 Å². The Kier molecular flexibility index (Phi) is 4.53. The van der Waals surface area contributed by atoms with Crippen LogP contribution in [0.25, 0.3) is 5.69 Å². The monoisotopic (exact) mass is 518 g/mol. The van der Waals surface area contributed by atoms with Crippen LogP contribution in [0.2, 0.25) is 0 Å². The molecular weight excluding hydrogens is 500 g/mol. The normalized spacial score (nSPS) is 23.9. The van der Waals surface area contributed by atoms with Gasteiger partial charge in [0.2, 0.25) is 0 Å². The summed E-state index contributed by atoms with van der Waals surface area (Å²) < 4.78 is 65.3. The van der Waals surface area contributed by atoms with E-state index in [0.717, 1.165) is 6.07 Å². The number of aryl methyl sites for hydroxylation is 1. The quantitative estimate of drug-likeness (QED) is 0.493. The van der Waals surface area contributed by atoms with Crippen molar-refractivity contribution in [3.8, 4) is 17.2 Å². The molecule has 1 fully saturated rings. The summed E-state index contributed by atoms with van der Waals surface area (Å²) >= 11 is 0. The van der Waals surface area contributed by atoms with Crippen molar-refractivity contribution in [2.45, 2.75) is 37.8 Å². The summed E-state index contributed by atoms with van der Waals surface area (Å²) in [6.45, 7) is 3.07. The van der Waals surface area contributed by atoms with Crippen molar-refractivity contribution < 1.29 is 36.6 Å². The smallest absolute Gasteiger partial charge is 0.475 e. The predicted molar refractivity (Wildman–Crippen MR) is 117 cm³/mol. The molecule has 192 valence electrons. The Morgan fingerprint density at radius 3 is 2.59 bits per heavy atom. The molecule has 2 unspecified atom stereocenters. The van der Waals surface area contributed by atoms with Crippen LogP contribution in [0.1, 0.15) is 28.7 Å². The highest BCUT2D eigenvalue weighted by Crippen LogP contribution is 2.65. The summed E-state index contributed by atoms with van der Waals surface area (Å²) in [5, 5.41) is 0. The van der Waals surface area contributed by atoms with Gasteiger partial charge >= 0.3 is 6.36 Å². The molecule has 0 radical (unpaired) electrons. The third kappa shape index (κ3) is 3.15. The lowest BCUT2D eigenvalue weighted by molar-refractivity contribution is -0.274. The summed E-state index contributed by atoms with van der Waals surface area (Å²) in [4.78, 5) is 44.8. The SMILES string of the molecule is Cc1cn(-c2ccc3n(c2=O)CCN(CC24C(=O)C2(C)Oc2c(F)cc(OC(F)(F)F)cc24)C3=O)cn1. The average Bonchev–Trinajstić information content (AvgIpc) is 3.12. The van der Waals surface area contributed by atoms with E-state index in [2.05, 4.69) is 9.72 Å². The maximum atomic E-state index is 14.7. The zero-order chi connectivity index (χ0) is 26.5. The van der Waals surface area contributed by atoms with Gasteiger partial charge in [-0.05, 0) is 32.0 Å². The first kappa shape index (κ1) is 23.3. The fraction of sp³-hybridized carbons (Fsp3) is 0.333. The number of amides is 1. The van der Waals surface area contributed by atoms with Crippen LogP contribution >= 0.6 is 0 Å². The van der Waals surface area contributed by atoms with Gasteiger partial charge in [0, 0.05) is 37.5 Å². The Hall–Kier alpha value is -4.16. The Balaban J connectivity index is 1.35. The molecule has 2 aromatic heterocycles. The number of pyridine rings is 1. The van der Waals surface area contributed by atoms with Gasteiger partial charge in [-0.25, -0.2) is 9.37 Å². The summed E-state index contributed by atoms with van der Waals surface area (Å²) in [6.07, 6.45) is -1.91. The van der Waals surface area contributed by atoms with Crippen LogP contribution in [0, 0.1) is 12.7 Å². The highest BCUT2D eigenvalue weighted by molar-refractivity contribution is 6.19. The largest absolute Gasteiger partial charge is 0.573 e. The molecule has 3 aromatic rings. The van der Waals surface area contributed by atoms with Gasteiger partial charge in [0.1, 0.15) is 22.5 Å². The van der Waals surface area contributed by atoms with Crippen molar-refractivity contribution in [3.05, 3.63) is 69.9 Å². The van der Waals surface area contributed by atoms with Gasteiger partial charge in [0.05, 0.1) is 12.0 Å². The van der Waals surface area contributed by atoms with Crippen molar-refractivity contribution >= 4 is 11.7 Å². The molecule has 9 nitrogen and oxygen atoms in total. The van der Waals surface area contributed by atoms with Crippen LogP contribution in [-0.2, 0) is 16.8 Å². The number of nitrogens with zero attached hydrogens (tertiary/aromatic N) is 4. The number of ether oxygens (including phenoxy) is 2. The second-order valence-corrected chi connectivity index (χ2v) is 9.41. The number of fused-ring (bicyclic) bond motifs is 4. The number of ketones is 1. The maximum Gasteiger partial charge on any atom is 0.573 e. The molecule has 0 N–H and O–H groups in total. The van der Waals surface area contributed by atoms with E-state index in [1.807, 2.05) is 0 Å². The first-order valence-corrected chi connectivity index (χ1v) is 11.2. The van der Waals surface area contributed by atoms with E-state index in [0.29, 0.717) is 17.4 Å². The fourth-order valence-corrected chi connectivity index (χ4v) is 5.39. The number of aromatic nitrogens is 3. The molecule has 3 aliphatic rings. The molecule has 2 atom stereocenters. The number of imidazole rings is 1. The van der Waals surface area contributed by atoms with Crippen molar-refractivity contribution in [1.82, 2.24) is 19.0 Å². The lowest BCUT2D eigenvalue weighted by Crippen LogP contribution is -2.48. The molecule has 1 aromatic carbocycles. The average molecular weight is 518 g/mol. The summed E-state index contributed by atoms with van der Waals surface area (Å²) in [5.41, 5.74) is -2.53. The van der Waals surface area contributed by atoms with Crippen molar-refractivity contribution in [2.75, 3.05) is 13.1 Å². The Labute approximate surface area is 205 Å². The maximum absolute atomic E-state index is 14.7. The van der Waals surface area contributed by atoms with Crippen LogP contribution < -0.4 is 15.0 Å². The first-order valence-electron chi connectivity index (χ1n) is 11.2. The fourth-order valence-electron chi connectivity index (χ4n) is 5.39. The predicted octanol–water partition coefficient (Wildman–Crippen LogP) is 2.51. The summed E-state index contributed by atoms with van der Waals surface area (Å²) in [5.74, 6) is -3.33. The third-order valence-electron chi connectivity index (χ3n) is 7.26. The van der Waals surface area contributed by atoms with Crippen LogP contribution in [-0.4, -0.2) is 55.8 Å². The topological polar surface area (TPSA) is 95.7 Å². The van der Waals surface area contributed by atoms with Crippen molar-refractivity contribution in [1.29, 1.82) is 0 Å². The molecule has 4 heterocycles. The van der Waals surface area contributed by atoms with Gasteiger partial charge in [0.25, 0.3) is 11.5 Å². The number of benzene rings is 1. The molecule has 6 rings (SSSR count). The number of hydrogen-bond acceptors (Lipinski definition) is 6. The summed E-state index contributed by atoms with van der Waals surface area (Å²) in [6, 6.07) is 4.44. The molecule has 37 heavy (non-hydrogen) atoms. The number of Topliss-reactive ketones (excluding diaryl/α,β-unsaturated/α-hetero) is 1. The Morgan fingerprint density at radius 2 is 1.92 bits per heavy atom. The molecule has 2 aliphatic heterocycles. The van der Waals surface area contributed by atoms with Crippen molar-refractivity contribution in [3.63, 3.8) is 0 Å². The lowest BCUT2D eigenvalue weighted by Gasteiger charge is -2.32. The van der Waals surface area contributed by atoms with E-state index in [-0.39, 0.29) is 36.6 Å². The van der Waals surface area contributed by atoms with Crippen LogP contribution in [0.15, 0.2) is 41.6 Å². The minimum atomic E-state index is -5.07. The highest BCUT2D eigenvalue weighted by atomic mass is 19.4.